The monoisotopic (exact) mass is 300 g/mol. The molecule has 0 aliphatic heterocycles. The molecule has 0 saturated heterocycles. The van der Waals surface area contributed by atoms with Crippen LogP contribution in [0.2, 0.25) is 0 Å². The van der Waals surface area contributed by atoms with Crippen molar-refractivity contribution >= 4 is 11.9 Å². The molecule has 0 N–H and O–H groups in total. The van der Waals surface area contributed by atoms with Gasteiger partial charge in [0.1, 0.15) is 19.0 Å². The SMILES string of the molecule is COC(=O)c1ccccc1C(=O)OCCOc1ccccc1. The van der Waals surface area contributed by atoms with Gasteiger partial charge in [-0.15, -0.1) is 0 Å². The molecule has 0 bridgehead atoms. The van der Waals surface area contributed by atoms with Gasteiger partial charge in [0.25, 0.3) is 0 Å². The number of hydrogen-bond donors (Lipinski definition) is 0. The van der Waals surface area contributed by atoms with Crippen LogP contribution in [0.15, 0.2) is 54.6 Å². The molecule has 0 aliphatic rings. The van der Waals surface area contributed by atoms with E-state index in [2.05, 4.69) is 4.74 Å². The molecule has 0 unspecified atom stereocenters. The summed E-state index contributed by atoms with van der Waals surface area (Å²) in [6.45, 7) is 0.319. The zero-order valence-corrected chi connectivity index (χ0v) is 12.2. The number of benzene rings is 2. The normalized spacial score (nSPS) is 9.86. The lowest BCUT2D eigenvalue weighted by Gasteiger charge is -2.09. The van der Waals surface area contributed by atoms with Gasteiger partial charge in [-0.3, -0.25) is 0 Å². The average Bonchev–Trinajstić information content (AvgIpc) is 2.58. The van der Waals surface area contributed by atoms with E-state index in [0.717, 1.165) is 0 Å². The molecule has 0 aromatic heterocycles. The number of rotatable bonds is 6. The molecule has 2 rings (SSSR count). The fraction of sp³-hybridized carbons (Fsp3) is 0.176. The predicted molar refractivity (Wildman–Crippen MR) is 80.0 cm³/mol. The first kappa shape index (κ1) is 15.6. The third-order valence-corrected chi connectivity index (χ3v) is 2.88. The van der Waals surface area contributed by atoms with Gasteiger partial charge in [0.05, 0.1) is 18.2 Å². The third kappa shape index (κ3) is 4.09. The summed E-state index contributed by atoms with van der Waals surface area (Å²) in [7, 11) is 1.26. The first-order valence-electron chi connectivity index (χ1n) is 6.74. The van der Waals surface area contributed by atoms with Crippen LogP contribution in [0.4, 0.5) is 0 Å². The van der Waals surface area contributed by atoms with Crippen molar-refractivity contribution in [2.24, 2.45) is 0 Å². The van der Waals surface area contributed by atoms with Crippen LogP contribution in [0.5, 0.6) is 5.75 Å². The Labute approximate surface area is 128 Å². The maximum atomic E-state index is 12.0. The van der Waals surface area contributed by atoms with Gasteiger partial charge in [0, 0.05) is 0 Å². The number of hydrogen-bond acceptors (Lipinski definition) is 5. The molecule has 0 amide bonds. The molecule has 0 saturated carbocycles. The van der Waals surface area contributed by atoms with E-state index in [9.17, 15) is 9.59 Å². The van der Waals surface area contributed by atoms with Crippen molar-refractivity contribution in [1.29, 1.82) is 0 Å². The van der Waals surface area contributed by atoms with Crippen molar-refractivity contribution in [3.05, 3.63) is 65.7 Å². The van der Waals surface area contributed by atoms with Crippen LogP contribution in [0.3, 0.4) is 0 Å². The molecule has 2 aromatic carbocycles. The third-order valence-electron chi connectivity index (χ3n) is 2.88. The molecular formula is C17H16O5. The minimum absolute atomic E-state index is 0.0865. The first-order valence-corrected chi connectivity index (χ1v) is 6.74. The quantitative estimate of drug-likeness (QED) is 0.606. The number of carbonyl (C=O) groups is 2. The van der Waals surface area contributed by atoms with Gasteiger partial charge in [0.15, 0.2) is 0 Å². The molecule has 0 heterocycles. The summed E-state index contributed by atoms with van der Waals surface area (Å²) >= 11 is 0. The maximum absolute atomic E-state index is 12.0. The summed E-state index contributed by atoms with van der Waals surface area (Å²) in [5.74, 6) is -0.459. The summed E-state index contributed by atoms with van der Waals surface area (Å²) in [5.41, 5.74) is 0.355. The lowest BCUT2D eigenvalue weighted by molar-refractivity contribution is 0.0438. The second-order valence-electron chi connectivity index (χ2n) is 4.33. The highest BCUT2D eigenvalue weighted by Gasteiger charge is 2.17. The van der Waals surface area contributed by atoms with Crippen molar-refractivity contribution in [3.8, 4) is 5.75 Å². The Bertz CT molecular complexity index is 637. The molecule has 0 atom stereocenters. The Morgan fingerprint density at radius 1 is 0.818 bits per heavy atom. The summed E-state index contributed by atoms with van der Waals surface area (Å²) in [5, 5.41) is 0. The topological polar surface area (TPSA) is 61.8 Å². The van der Waals surface area contributed by atoms with E-state index in [1.54, 1.807) is 12.1 Å². The van der Waals surface area contributed by atoms with Crippen LogP contribution in [0, 0.1) is 0 Å². The van der Waals surface area contributed by atoms with E-state index < -0.39 is 11.9 Å². The van der Waals surface area contributed by atoms with E-state index in [1.807, 2.05) is 30.3 Å². The van der Waals surface area contributed by atoms with E-state index >= 15 is 0 Å². The Kier molecular flexibility index (Phi) is 5.54. The zero-order chi connectivity index (χ0) is 15.8. The highest BCUT2D eigenvalue weighted by Crippen LogP contribution is 2.12. The molecule has 0 spiro atoms. The maximum Gasteiger partial charge on any atom is 0.339 e. The molecule has 5 nitrogen and oxygen atoms in total. The average molecular weight is 300 g/mol. The molecule has 22 heavy (non-hydrogen) atoms. The van der Waals surface area contributed by atoms with Gasteiger partial charge in [0.2, 0.25) is 0 Å². The number of esters is 2. The summed E-state index contributed by atoms with van der Waals surface area (Å²) < 4.78 is 15.2. The number of para-hydroxylation sites is 1. The molecular weight excluding hydrogens is 284 g/mol. The molecule has 114 valence electrons. The second-order valence-corrected chi connectivity index (χ2v) is 4.33. The van der Waals surface area contributed by atoms with Crippen molar-refractivity contribution in [2.45, 2.75) is 0 Å². The highest BCUT2D eigenvalue weighted by atomic mass is 16.6. The predicted octanol–water partition coefficient (Wildman–Crippen LogP) is 2.71. The minimum Gasteiger partial charge on any atom is -0.490 e. The van der Waals surface area contributed by atoms with Crippen molar-refractivity contribution in [1.82, 2.24) is 0 Å². The Balaban J connectivity index is 1.89. The number of methoxy groups -OCH3 is 1. The first-order chi connectivity index (χ1) is 10.7. The largest absolute Gasteiger partial charge is 0.490 e. The van der Waals surface area contributed by atoms with E-state index in [1.165, 1.54) is 19.2 Å². The van der Waals surface area contributed by atoms with Gasteiger partial charge < -0.3 is 14.2 Å². The van der Waals surface area contributed by atoms with Gasteiger partial charge >= 0.3 is 11.9 Å². The number of carbonyl (C=O) groups excluding carboxylic acids is 2. The Morgan fingerprint density at radius 3 is 2.05 bits per heavy atom. The zero-order valence-electron chi connectivity index (χ0n) is 12.2. The van der Waals surface area contributed by atoms with Gasteiger partial charge in [-0.2, -0.15) is 0 Å². The molecule has 0 fully saturated rings. The van der Waals surface area contributed by atoms with Crippen LogP contribution in [-0.4, -0.2) is 32.3 Å². The van der Waals surface area contributed by atoms with E-state index in [4.69, 9.17) is 9.47 Å². The second kappa shape index (κ2) is 7.83. The molecule has 5 heteroatoms. The molecule has 0 radical (unpaired) electrons. The summed E-state index contributed by atoms with van der Waals surface area (Å²) in [4.78, 5) is 23.6. The lowest BCUT2D eigenvalue weighted by Crippen LogP contribution is -2.16. The van der Waals surface area contributed by atoms with Crippen LogP contribution in [0.1, 0.15) is 20.7 Å². The van der Waals surface area contributed by atoms with Gasteiger partial charge in [-0.1, -0.05) is 30.3 Å². The van der Waals surface area contributed by atoms with E-state index in [-0.39, 0.29) is 24.3 Å². The van der Waals surface area contributed by atoms with Crippen LogP contribution < -0.4 is 4.74 Å². The Hall–Kier alpha value is -2.82. The number of ether oxygens (including phenoxy) is 3. The van der Waals surface area contributed by atoms with Gasteiger partial charge in [-0.25, -0.2) is 9.59 Å². The van der Waals surface area contributed by atoms with Crippen LogP contribution >= 0.6 is 0 Å². The minimum atomic E-state index is -0.585. The van der Waals surface area contributed by atoms with Crippen molar-refractivity contribution in [2.75, 3.05) is 20.3 Å². The summed E-state index contributed by atoms with van der Waals surface area (Å²) in [6.07, 6.45) is 0. The van der Waals surface area contributed by atoms with Crippen LogP contribution in [0.25, 0.3) is 0 Å². The lowest BCUT2D eigenvalue weighted by atomic mass is 10.1. The van der Waals surface area contributed by atoms with Gasteiger partial charge in [-0.05, 0) is 24.3 Å². The smallest absolute Gasteiger partial charge is 0.339 e. The molecule has 2 aromatic rings. The van der Waals surface area contributed by atoms with Crippen molar-refractivity contribution < 1.29 is 23.8 Å². The van der Waals surface area contributed by atoms with E-state index in [0.29, 0.717) is 5.75 Å². The fourth-order valence-electron chi connectivity index (χ4n) is 1.84. The highest BCUT2D eigenvalue weighted by molar-refractivity contribution is 6.03. The summed E-state index contributed by atoms with van der Waals surface area (Å²) in [6, 6.07) is 15.6. The fourth-order valence-corrected chi connectivity index (χ4v) is 1.84. The Morgan fingerprint density at radius 2 is 1.41 bits per heavy atom. The van der Waals surface area contributed by atoms with Crippen molar-refractivity contribution in [3.63, 3.8) is 0 Å². The van der Waals surface area contributed by atoms with Crippen LogP contribution in [-0.2, 0) is 9.47 Å². The molecule has 0 aliphatic carbocycles. The standard InChI is InChI=1S/C17H16O5/c1-20-16(18)14-9-5-6-10-15(14)17(19)22-12-11-21-13-7-3-2-4-8-13/h2-10H,11-12H2,1H3.